The van der Waals surface area contributed by atoms with Crippen LogP contribution >= 0.6 is 11.8 Å². The predicted molar refractivity (Wildman–Crippen MR) is 71.2 cm³/mol. The van der Waals surface area contributed by atoms with Crippen molar-refractivity contribution >= 4 is 17.7 Å². The number of carbonyl (C=O) groups is 1. The fraction of sp³-hybridized carbons (Fsp3) is 0.462. The summed E-state index contributed by atoms with van der Waals surface area (Å²) in [5, 5.41) is 8.83. The van der Waals surface area contributed by atoms with Crippen LogP contribution in [0.15, 0.2) is 29.2 Å². The van der Waals surface area contributed by atoms with Crippen LogP contribution in [-0.4, -0.2) is 16.8 Å². The Morgan fingerprint density at radius 2 is 2.00 bits per heavy atom. The molecular weight excluding hydrogens is 234 g/mol. The minimum Gasteiger partial charge on any atom is -0.481 e. The summed E-state index contributed by atoms with van der Waals surface area (Å²) in [6.07, 6.45) is 0.468. The molecule has 2 unspecified atom stereocenters. The second-order valence-electron chi connectivity index (χ2n) is 4.08. The standard InChI is InChI=1S/C13H19NO2S/c1-3-17-11-6-4-10(5-7-11)12(14)8-9(2)13(15)16/h4-7,9,12H,3,8,14H2,1-2H3,(H,15,16). The first-order valence-corrected chi connectivity index (χ1v) is 6.74. The van der Waals surface area contributed by atoms with Gasteiger partial charge in [-0.15, -0.1) is 11.8 Å². The van der Waals surface area contributed by atoms with Crippen LogP contribution in [0.5, 0.6) is 0 Å². The second-order valence-corrected chi connectivity index (χ2v) is 5.42. The molecule has 0 aliphatic heterocycles. The van der Waals surface area contributed by atoms with Crippen LogP contribution in [0.1, 0.15) is 31.9 Å². The lowest BCUT2D eigenvalue weighted by Crippen LogP contribution is -2.19. The first kappa shape index (κ1) is 14.1. The average Bonchev–Trinajstić information content (AvgIpc) is 2.30. The van der Waals surface area contributed by atoms with Gasteiger partial charge in [-0.1, -0.05) is 26.0 Å². The van der Waals surface area contributed by atoms with Crippen LogP contribution in [0.25, 0.3) is 0 Å². The minimum atomic E-state index is -0.793. The molecule has 3 nitrogen and oxygen atoms in total. The highest BCUT2D eigenvalue weighted by molar-refractivity contribution is 7.99. The normalized spacial score (nSPS) is 14.3. The van der Waals surface area contributed by atoms with Crippen molar-refractivity contribution in [1.29, 1.82) is 0 Å². The molecule has 0 heterocycles. The summed E-state index contributed by atoms with van der Waals surface area (Å²) < 4.78 is 0. The lowest BCUT2D eigenvalue weighted by atomic mass is 9.97. The monoisotopic (exact) mass is 253 g/mol. The van der Waals surface area contributed by atoms with Gasteiger partial charge in [-0.2, -0.15) is 0 Å². The number of aliphatic carboxylic acids is 1. The van der Waals surface area contributed by atoms with Gasteiger partial charge in [-0.25, -0.2) is 0 Å². The number of rotatable bonds is 6. The summed E-state index contributed by atoms with van der Waals surface area (Å²) in [6.45, 7) is 3.79. The first-order valence-electron chi connectivity index (χ1n) is 5.75. The molecule has 0 aliphatic rings. The van der Waals surface area contributed by atoms with Crippen molar-refractivity contribution in [2.24, 2.45) is 11.7 Å². The van der Waals surface area contributed by atoms with E-state index in [9.17, 15) is 4.79 Å². The number of thioether (sulfide) groups is 1. The first-order chi connectivity index (χ1) is 8.04. The highest BCUT2D eigenvalue weighted by atomic mass is 32.2. The average molecular weight is 253 g/mol. The van der Waals surface area contributed by atoms with Crippen molar-refractivity contribution in [1.82, 2.24) is 0 Å². The van der Waals surface area contributed by atoms with Gasteiger partial charge in [0.15, 0.2) is 0 Å². The molecule has 1 aromatic rings. The van der Waals surface area contributed by atoms with Gasteiger partial charge in [0.2, 0.25) is 0 Å². The number of benzene rings is 1. The van der Waals surface area contributed by atoms with E-state index in [0.717, 1.165) is 11.3 Å². The molecule has 0 saturated carbocycles. The van der Waals surface area contributed by atoms with Crippen LogP contribution < -0.4 is 5.73 Å². The van der Waals surface area contributed by atoms with Crippen molar-refractivity contribution in [3.8, 4) is 0 Å². The van der Waals surface area contributed by atoms with E-state index in [1.807, 2.05) is 24.3 Å². The van der Waals surface area contributed by atoms with Gasteiger partial charge in [0.25, 0.3) is 0 Å². The van der Waals surface area contributed by atoms with Crippen LogP contribution in [0.2, 0.25) is 0 Å². The van der Waals surface area contributed by atoms with Crippen molar-refractivity contribution in [3.05, 3.63) is 29.8 Å². The molecule has 0 amide bonds. The second kappa shape index (κ2) is 6.67. The van der Waals surface area contributed by atoms with Crippen LogP contribution in [-0.2, 0) is 4.79 Å². The van der Waals surface area contributed by atoms with Gasteiger partial charge in [0.05, 0.1) is 5.92 Å². The zero-order valence-corrected chi connectivity index (χ0v) is 11.0. The van der Waals surface area contributed by atoms with Crippen LogP contribution in [0, 0.1) is 5.92 Å². The Hall–Kier alpha value is -1.00. The molecule has 2 atom stereocenters. The molecule has 4 heteroatoms. The zero-order chi connectivity index (χ0) is 12.8. The van der Waals surface area contributed by atoms with Gasteiger partial charge in [0.1, 0.15) is 0 Å². The van der Waals surface area contributed by atoms with Crippen molar-refractivity contribution in [2.75, 3.05) is 5.75 Å². The topological polar surface area (TPSA) is 63.3 Å². The molecular formula is C13H19NO2S. The Morgan fingerprint density at radius 1 is 1.41 bits per heavy atom. The maximum Gasteiger partial charge on any atom is 0.306 e. The summed E-state index contributed by atoms with van der Waals surface area (Å²) in [7, 11) is 0. The quantitative estimate of drug-likeness (QED) is 0.765. The van der Waals surface area contributed by atoms with Gasteiger partial charge in [-0.3, -0.25) is 4.79 Å². The summed E-state index contributed by atoms with van der Waals surface area (Å²) >= 11 is 1.78. The maximum absolute atomic E-state index is 10.7. The lowest BCUT2D eigenvalue weighted by molar-refractivity contribution is -0.141. The van der Waals surface area contributed by atoms with Gasteiger partial charge < -0.3 is 10.8 Å². The Balaban J connectivity index is 2.63. The molecule has 0 spiro atoms. The number of hydrogen-bond acceptors (Lipinski definition) is 3. The Morgan fingerprint density at radius 3 is 2.47 bits per heavy atom. The molecule has 0 aliphatic carbocycles. The molecule has 0 radical (unpaired) electrons. The summed E-state index contributed by atoms with van der Waals surface area (Å²) in [4.78, 5) is 12.0. The van der Waals surface area contributed by atoms with Gasteiger partial charge in [0, 0.05) is 10.9 Å². The van der Waals surface area contributed by atoms with Crippen LogP contribution in [0.3, 0.4) is 0 Å². The fourth-order valence-electron chi connectivity index (χ4n) is 1.60. The van der Waals surface area contributed by atoms with E-state index < -0.39 is 11.9 Å². The van der Waals surface area contributed by atoms with E-state index in [2.05, 4.69) is 6.92 Å². The summed E-state index contributed by atoms with van der Waals surface area (Å²) in [6, 6.07) is 7.83. The molecule has 3 N–H and O–H groups in total. The van der Waals surface area contributed by atoms with E-state index in [1.54, 1.807) is 18.7 Å². The highest BCUT2D eigenvalue weighted by Gasteiger charge is 2.16. The van der Waals surface area contributed by atoms with E-state index in [1.165, 1.54) is 4.90 Å². The highest BCUT2D eigenvalue weighted by Crippen LogP contribution is 2.23. The third-order valence-corrected chi connectivity index (χ3v) is 3.54. The Kier molecular flexibility index (Phi) is 5.51. The number of nitrogens with two attached hydrogens (primary N) is 1. The van der Waals surface area contributed by atoms with E-state index in [0.29, 0.717) is 6.42 Å². The summed E-state index contributed by atoms with van der Waals surface area (Å²) in [5.41, 5.74) is 6.99. The predicted octanol–water partition coefficient (Wildman–Crippen LogP) is 2.91. The van der Waals surface area contributed by atoms with E-state index >= 15 is 0 Å². The summed E-state index contributed by atoms with van der Waals surface area (Å²) in [5.74, 6) is -0.158. The molecule has 1 rings (SSSR count). The molecule has 0 aromatic heterocycles. The lowest BCUT2D eigenvalue weighted by Gasteiger charge is -2.15. The minimum absolute atomic E-state index is 0.207. The molecule has 17 heavy (non-hydrogen) atoms. The molecule has 94 valence electrons. The largest absolute Gasteiger partial charge is 0.481 e. The third-order valence-electron chi connectivity index (χ3n) is 2.65. The Labute approximate surface area is 106 Å². The molecule has 1 aromatic carbocycles. The zero-order valence-electron chi connectivity index (χ0n) is 10.2. The third kappa shape index (κ3) is 4.40. The fourth-order valence-corrected chi connectivity index (χ4v) is 2.26. The molecule has 0 fully saturated rings. The van der Waals surface area contributed by atoms with E-state index in [-0.39, 0.29) is 6.04 Å². The van der Waals surface area contributed by atoms with Crippen LogP contribution in [0.4, 0.5) is 0 Å². The number of carboxylic acids is 1. The van der Waals surface area contributed by atoms with Crippen molar-refractivity contribution < 1.29 is 9.90 Å². The molecule has 0 bridgehead atoms. The van der Waals surface area contributed by atoms with Crippen molar-refractivity contribution in [3.63, 3.8) is 0 Å². The smallest absolute Gasteiger partial charge is 0.306 e. The number of hydrogen-bond donors (Lipinski definition) is 2. The van der Waals surface area contributed by atoms with E-state index in [4.69, 9.17) is 10.8 Å². The maximum atomic E-state index is 10.7. The van der Waals surface area contributed by atoms with Gasteiger partial charge in [-0.05, 0) is 29.9 Å². The van der Waals surface area contributed by atoms with Gasteiger partial charge >= 0.3 is 5.97 Å². The number of carboxylic acid groups (broad SMARTS) is 1. The SMILES string of the molecule is CCSc1ccc(C(N)CC(C)C(=O)O)cc1. The Bertz CT molecular complexity index is 364. The van der Waals surface area contributed by atoms with Crippen molar-refractivity contribution in [2.45, 2.75) is 31.2 Å². The molecule has 0 saturated heterocycles.